The van der Waals surface area contributed by atoms with Gasteiger partial charge in [0.25, 0.3) is 0 Å². The molecule has 0 saturated heterocycles. The number of hydrogen-bond donors (Lipinski definition) is 1. The Morgan fingerprint density at radius 3 is 2.71 bits per heavy atom. The van der Waals surface area contributed by atoms with Crippen LogP contribution in [-0.2, 0) is 4.79 Å². The number of carbonyl (C=O) groups excluding carboxylic acids is 1. The maximum Gasteiger partial charge on any atom is 0.244 e. The van der Waals surface area contributed by atoms with Crippen molar-refractivity contribution in [2.24, 2.45) is 0 Å². The van der Waals surface area contributed by atoms with Crippen LogP contribution < -0.4 is 5.32 Å². The molecule has 0 fully saturated rings. The first-order valence-corrected chi connectivity index (χ1v) is 4.57. The highest BCUT2D eigenvalue weighted by molar-refractivity contribution is 5.87. The van der Waals surface area contributed by atoms with Crippen molar-refractivity contribution in [2.45, 2.75) is 19.9 Å². The lowest BCUT2D eigenvalue weighted by molar-refractivity contribution is -0.117. The Morgan fingerprint density at radius 2 is 2.14 bits per heavy atom. The summed E-state index contributed by atoms with van der Waals surface area (Å²) >= 11 is 0. The first-order chi connectivity index (χ1) is 6.74. The van der Waals surface area contributed by atoms with Crippen molar-refractivity contribution in [3.8, 4) is 0 Å². The van der Waals surface area contributed by atoms with Gasteiger partial charge in [-0.25, -0.2) is 0 Å². The van der Waals surface area contributed by atoms with Gasteiger partial charge in [0.2, 0.25) is 5.91 Å². The van der Waals surface area contributed by atoms with Gasteiger partial charge in [-0.3, -0.25) is 9.78 Å². The summed E-state index contributed by atoms with van der Waals surface area (Å²) in [7, 11) is 0. The minimum absolute atomic E-state index is 0.0155. The Kier molecular flexibility index (Phi) is 3.85. The number of rotatable bonds is 3. The van der Waals surface area contributed by atoms with Crippen molar-refractivity contribution in [1.29, 1.82) is 0 Å². The molecule has 0 aromatic carbocycles. The summed E-state index contributed by atoms with van der Waals surface area (Å²) in [6.45, 7) is 3.76. The van der Waals surface area contributed by atoms with E-state index in [2.05, 4.69) is 10.3 Å². The fraction of sp³-hybridized carbons (Fsp3) is 0.273. The van der Waals surface area contributed by atoms with Crippen LogP contribution >= 0.6 is 0 Å². The summed E-state index contributed by atoms with van der Waals surface area (Å²) in [6, 6.07) is 3.79. The lowest BCUT2D eigenvalue weighted by Crippen LogP contribution is -2.24. The van der Waals surface area contributed by atoms with Crippen molar-refractivity contribution >= 4 is 5.91 Å². The number of nitrogens with zero attached hydrogens (tertiary/aromatic N) is 1. The van der Waals surface area contributed by atoms with E-state index in [0.717, 1.165) is 5.56 Å². The van der Waals surface area contributed by atoms with Gasteiger partial charge in [-0.05, 0) is 37.6 Å². The second-order valence-corrected chi connectivity index (χ2v) is 3.01. The van der Waals surface area contributed by atoms with Crippen LogP contribution in [0, 0.1) is 0 Å². The molecular formula is C11H14N2O. The molecule has 0 bridgehead atoms. The second-order valence-electron chi connectivity index (χ2n) is 3.01. The van der Waals surface area contributed by atoms with Gasteiger partial charge < -0.3 is 5.32 Å². The first-order valence-electron chi connectivity index (χ1n) is 4.57. The third-order valence-electron chi connectivity index (χ3n) is 1.88. The number of carbonyl (C=O) groups is 1. The van der Waals surface area contributed by atoms with E-state index in [4.69, 9.17) is 0 Å². The van der Waals surface area contributed by atoms with Crippen LogP contribution in [0.3, 0.4) is 0 Å². The van der Waals surface area contributed by atoms with Crippen molar-refractivity contribution < 1.29 is 4.79 Å². The third kappa shape index (κ3) is 3.01. The minimum Gasteiger partial charge on any atom is -0.346 e. The van der Waals surface area contributed by atoms with Crippen LogP contribution in [0.25, 0.3) is 0 Å². The molecule has 1 heterocycles. The molecule has 1 N–H and O–H groups in total. The van der Waals surface area contributed by atoms with Gasteiger partial charge in [0.1, 0.15) is 0 Å². The normalized spacial score (nSPS) is 12.7. The predicted molar refractivity (Wildman–Crippen MR) is 55.6 cm³/mol. The highest BCUT2D eigenvalue weighted by atomic mass is 16.1. The van der Waals surface area contributed by atoms with Crippen LogP contribution in [0.4, 0.5) is 0 Å². The number of hydrogen-bond acceptors (Lipinski definition) is 2. The van der Waals surface area contributed by atoms with E-state index in [1.807, 2.05) is 26.0 Å². The Balaban J connectivity index is 2.59. The molecule has 0 aliphatic rings. The molecule has 3 nitrogen and oxygen atoms in total. The Morgan fingerprint density at radius 1 is 1.50 bits per heavy atom. The van der Waals surface area contributed by atoms with E-state index >= 15 is 0 Å². The van der Waals surface area contributed by atoms with Gasteiger partial charge in [0.15, 0.2) is 0 Å². The highest BCUT2D eigenvalue weighted by Crippen LogP contribution is 2.09. The van der Waals surface area contributed by atoms with Gasteiger partial charge in [-0.2, -0.15) is 0 Å². The smallest absolute Gasteiger partial charge is 0.244 e. The zero-order valence-electron chi connectivity index (χ0n) is 8.40. The van der Waals surface area contributed by atoms with Gasteiger partial charge in [0, 0.05) is 12.4 Å². The molecule has 1 aromatic heterocycles. The van der Waals surface area contributed by atoms with Crippen LogP contribution in [0.2, 0.25) is 0 Å². The molecule has 1 unspecified atom stereocenters. The first kappa shape index (κ1) is 10.4. The van der Waals surface area contributed by atoms with E-state index in [1.165, 1.54) is 6.08 Å². The monoisotopic (exact) mass is 190 g/mol. The molecule has 1 amide bonds. The zero-order chi connectivity index (χ0) is 10.4. The van der Waals surface area contributed by atoms with E-state index in [1.54, 1.807) is 18.5 Å². The Labute approximate surface area is 83.9 Å². The summed E-state index contributed by atoms with van der Waals surface area (Å²) in [5.41, 5.74) is 1.05. The molecule has 14 heavy (non-hydrogen) atoms. The van der Waals surface area contributed by atoms with Gasteiger partial charge in [0.05, 0.1) is 6.04 Å². The molecular weight excluding hydrogens is 176 g/mol. The maximum absolute atomic E-state index is 11.2. The number of aromatic nitrogens is 1. The van der Waals surface area contributed by atoms with Gasteiger partial charge >= 0.3 is 0 Å². The predicted octanol–water partition coefficient (Wildman–Crippen LogP) is 1.83. The lowest BCUT2D eigenvalue weighted by Gasteiger charge is -2.11. The summed E-state index contributed by atoms with van der Waals surface area (Å²) in [6.07, 6.45) is 6.66. The van der Waals surface area contributed by atoms with Crippen LogP contribution in [0.15, 0.2) is 36.7 Å². The minimum atomic E-state index is -0.0724. The van der Waals surface area contributed by atoms with E-state index in [9.17, 15) is 4.79 Å². The SMILES string of the molecule is CC=CC(=O)NC(C)c1ccncc1. The van der Waals surface area contributed by atoms with Gasteiger partial charge in [-0.1, -0.05) is 6.08 Å². The number of nitrogens with one attached hydrogen (secondary N) is 1. The van der Waals surface area contributed by atoms with E-state index in [0.29, 0.717) is 0 Å². The molecule has 0 spiro atoms. The summed E-state index contributed by atoms with van der Waals surface area (Å²) < 4.78 is 0. The maximum atomic E-state index is 11.2. The molecule has 1 atom stereocenters. The molecule has 1 aromatic rings. The van der Waals surface area contributed by atoms with Crippen LogP contribution in [0.5, 0.6) is 0 Å². The molecule has 1 rings (SSSR count). The van der Waals surface area contributed by atoms with Gasteiger partial charge in [-0.15, -0.1) is 0 Å². The number of allylic oxidation sites excluding steroid dienone is 1. The molecule has 0 saturated carbocycles. The summed E-state index contributed by atoms with van der Waals surface area (Å²) in [5.74, 6) is -0.0724. The van der Waals surface area contributed by atoms with Crippen molar-refractivity contribution in [3.63, 3.8) is 0 Å². The van der Waals surface area contributed by atoms with Crippen LogP contribution in [0.1, 0.15) is 25.5 Å². The van der Waals surface area contributed by atoms with Crippen LogP contribution in [-0.4, -0.2) is 10.9 Å². The summed E-state index contributed by atoms with van der Waals surface area (Å²) in [5, 5.41) is 2.84. The average Bonchev–Trinajstić information content (AvgIpc) is 2.19. The third-order valence-corrected chi connectivity index (χ3v) is 1.88. The average molecular weight is 190 g/mol. The Hall–Kier alpha value is -1.64. The van der Waals surface area contributed by atoms with Crippen molar-refractivity contribution in [3.05, 3.63) is 42.2 Å². The zero-order valence-corrected chi connectivity index (χ0v) is 8.40. The largest absolute Gasteiger partial charge is 0.346 e. The Bertz CT molecular complexity index is 319. The molecule has 0 aliphatic carbocycles. The highest BCUT2D eigenvalue weighted by Gasteiger charge is 2.05. The van der Waals surface area contributed by atoms with E-state index in [-0.39, 0.29) is 11.9 Å². The number of amides is 1. The quantitative estimate of drug-likeness (QED) is 0.739. The fourth-order valence-corrected chi connectivity index (χ4v) is 1.15. The van der Waals surface area contributed by atoms with E-state index < -0.39 is 0 Å². The van der Waals surface area contributed by atoms with Crippen molar-refractivity contribution in [2.75, 3.05) is 0 Å². The molecule has 0 radical (unpaired) electrons. The molecule has 3 heteroatoms. The van der Waals surface area contributed by atoms with Crippen molar-refractivity contribution in [1.82, 2.24) is 10.3 Å². The topological polar surface area (TPSA) is 42.0 Å². The summed E-state index contributed by atoms with van der Waals surface area (Å²) in [4.78, 5) is 15.1. The number of pyridine rings is 1. The fourth-order valence-electron chi connectivity index (χ4n) is 1.15. The lowest BCUT2D eigenvalue weighted by atomic mass is 10.1. The second kappa shape index (κ2) is 5.17. The standard InChI is InChI=1S/C11H14N2O/c1-3-4-11(14)13-9(2)10-5-7-12-8-6-10/h3-9H,1-2H3,(H,13,14). The molecule has 74 valence electrons. The molecule has 0 aliphatic heterocycles.